The molecule has 10 nitrogen and oxygen atoms in total. The summed E-state index contributed by atoms with van der Waals surface area (Å²) >= 11 is 0. The number of benzene rings is 1. The van der Waals surface area contributed by atoms with Crippen LogP contribution in [0.4, 0.5) is 0 Å². The van der Waals surface area contributed by atoms with E-state index in [1.54, 1.807) is 58.1 Å². The van der Waals surface area contributed by atoms with E-state index in [0.717, 1.165) is 0 Å². The van der Waals surface area contributed by atoms with Gasteiger partial charge in [-0.2, -0.15) is 0 Å². The van der Waals surface area contributed by atoms with E-state index in [4.69, 9.17) is 37.9 Å². The van der Waals surface area contributed by atoms with Crippen molar-refractivity contribution in [1.29, 1.82) is 0 Å². The fourth-order valence-corrected chi connectivity index (χ4v) is 4.05. The van der Waals surface area contributed by atoms with Crippen LogP contribution in [0.2, 0.25) is 0 Å². The van der Waals surface area contributed by atoms with Gasteiger partial charge in [-0.15, -0.1) is 0 Å². The minimum Gasteiger partial charge on any atom is -0.497 e. The Labute approximate surface area is 217 Å². The van der Waals surface area contributed by atoms with E-state index >= 15 is 0 Å². The summed E-state index contributed by atoms with van der Waals surface area (Å²) in [4.78, 5) is 26.6. The molecule has 0 aromatic heterocycles. The van der Waals surface area contributed by atoms with Gasteiger partial charge in [0, 0.05) is 26.7 Å². The molecule has 1 saturated heterocycles. The normalized spacial score (nSPS) is 26.0. The van der Waals surface area contributed by atoms with Crippen molar-refractivity contribution in [3.63, 3.8) is 0 Å². The number of rotatable bonds is 7. The van der Waals surface area contributed by atoms with E-state index in [1.165, 1.54) is 21.3 Å². The van der Waals surface area contributed by atoms with Crippen LogP contribution < -0.4 is 9.47 Å². The fraction of sp³-hybridized carbons (Fsp3) is 0.556. The first-order chi connectivity index (χ1) is 17.6. The molecule has 0 aliphatic carbocycles. The second-order valence-electron chi connectivity index (χ2n) is 9.22. The number of hydrogen-bond acceptors (Lipinski definition) is 10. The van der Waals surface area contributed by atoms with Crippen LogP contribution in [0.3, 0.4) is 0 Å². The highest BCUT2D eigenvalue weighted by molar-refractivity contribution is 5.97. The number of Topliss-reactive ketones (excluding diaryl/α,β-unsaturated/α-hetero) is 1. The Bertz CT molecular complexity index is 1030. The Balaban J connectivity index is 2.18. The maximum Gasteiger partial charge on any atom is 0.343 e. The molecule has 0 spiro atoms. The van der Waals surface area contributed by atoms with Crippen molar-refractivity contribution in [1.82, 2.24) is 0 Å². The summed E-state index contributed by atoms with van der Waals surface area (Å²) in [6, 6.07) is 3.27. The van der Waals surface area contributed by atoms with Gasteiger partial charge in [0.2, 0.25) is 0 Å². The highest BCUT2D eigenvalue weighted by Crippen LogP contribution is 2.35. The summed E-state index contributed by atoms with van der Waals surface area (Å²) in [6.07, 6.45) is 2.20. The number of carbonyl (C=O) groups excluding carboxylic acids is 2. The number of ether oxygens (including phenoxy) is 8. The number of hydrogen-bond donors (Lipinski definition) is 0. The number of fused-ring (bicyclic) bond motifs is 2. The van der Waals surface area contributed by atoms with Gasteiger partial charge in [-0.05, 0) is 44.9 Å². The predicted octanol–water partition coefficient (Wildman–Crippen LogP) is 3.66. The quantitative estimate of drug-likeness (QED) is 0.300. The lowest BCUT2D eigenvalue weighted by atomic mass is 9.98. The van der Waals surface area contributed by atoms with E-state index < -0.39 is 36.2 Å². The zero-order valence-corrected chi connectivity index (χ0v) is 22.4. The van der Waals surface area contributed by atoms with Gasteiger partial charge in [0.15, 0.2) is 18.4 Å². The number of esters is 1. The number of methoxy groups -OCH3 is 3. The largest absolute Gasteiger partial charge is 0.497 e. The summed E-state index contributed by atoms with van der Waals surface area (Å²) < 4.78 is 45.1. The van der Waals surface area contributed by atoms with E-state index in [1.807, 2.05) is 0 Å². The third kappa shape index (κ3) is 7.18. The fourth-order valence-electron chi connectivity index (χ4n) is 4.05. The van der Waals surface area contributed by atoms with Gasteiger partial charge in [-0.1, -0.05) is 18.2 Å². The molecular weight excluding hydrogens is 484 g/mol. The molecule has 2 aliphatic rings. The summed E-state index contributed by atoms with van der Waals surface area (Å²) in [6.45, 7) is 6.89. The van der Waals surface area contributed by atoms with Crippen LogP contribution in [-0.2, 0) is 33.2 Å². The molecule has 2 heterocycles. The molecule has 1 fully saturated rings. The standard InChI is InChI=1S/C27H36O10/c1-16-8-10-20(28)24-25(37-27(3,4)36-24)21(33-14-30-5)11-9-18-12-19(32-7)13-22(34-15-31-6)23(18)26(29)35-17(16)2/h8-9,11-13,17,21,24-25H,10,14-15H2,1-7H3/t17-,21?,24+,25-/m0/s1. The summed E-state index contributed by atoms with van der Waals surface area (Å²) in [5, 5.41) is 0. The minimum atomic E-state index is -1.01. The van der Waals surface area contributed by atoms with Crippen LogP contribution in [-0.4, -0.2) is 76.9 Å². The van der Waals surface area contributed by atoms with Gasteiger partial charge < -0.3 is 37.9 Å². The van der Waals surface area contributed by atoms with Crippen LogP contribution in [0.5, 0.6) is 11.5 Å². The highest BCUT2D eigenvalue weighted by atomic mass is 16.8. The van der Waals surface area contributed by atoms with Gasteiger partial charge in [0.1, 0.15) is 48.3 Å². The van der Waals surface area contributed by atoms with Crippen LogP contribution in [0.15, 0.2) is 29.9 Å². The molecule has 0 amide bonds. The average molecular weight is 521 g/mol. The number of cyclic esters (lactones) is 1. The van der Waals surface area contributed by atoms with Crippen LogP contribution in [0, 0.1) is 0 Å². The predicted molar refractivity (Wildman–Crippen MR) is 133 cm³/mol. The Morgan fingerprint density at radius 2 is 1.78 bits per heavy atom. The van der Waals surface area contributed by atoms with Crippen molar-refractivity contribution in [2.75, 3.05) is 34.9 Å². The van der Waals surface area contributed by atoms with Gasteiger partial charge >= 0.3 is 5.97 Å². The summed E-state index contributed by atoms with van der Waals surface area (Å²) in [5.74, 6) is -1.10. The van der Waals surface area contributed by atoms with Gasteiger partial charge in [0.25, 0.3) is 0 Å². The number of ketones is 1. The molecule has 2 aliphatic heterocycles. The summed E-state index contributed by atoms with van der Waals surface area (Å²) in [7, 11) is 4.49. The maximum absolute atomic E-state index is 13.4. The van der Waals surface area contributed by atoms with E-state index in [-0.39, 0.29) is 37.1 Å². The molecule has 1 aromatic carbocycles. The SMILES string of the molecule is COCOc1cc(OC)cc2c1C(=O)O[C@@H](C)C(C)=CCC(=O)[C@H]1OC(C)(C)O[C@H]1C(OCOC)C=C2. The van der Waals surface area contributed by atoms with Gasteiger partial charge in [-0.3, -0.25) is 4.79 Å². The van der Waals surface area contributed by atoms with E-state index in [0.29, 0.717) is 16.9 Å². The zero-order chi connectivity index (χ0) is 27.2. The monoisotopic (exact) mass is 520 g/mol. The van der Waals surface area contributed by atoms with E-state index in [9.17, 15) is 9.59 Å². The van der Waals surface area contributed by atoms with Crippen LogP contribution >= 0.6 is 0 Å². The minimum absolute atomic E-state index is 0.0536. The molecule has 0 N–H and O–H groups in total. The highest BCUT2D eigenvalue weighted by Gasteiger charge is 2.48. The van der Waals surface area contributed by atoms with Crippen molar-refractivity contribution in [2.24, 2.45) is 0 Å². The topological polar surface area (TPSA) is 108 Å². The Kier molecular flexibility index (Phi) is 9.86. The first-order valence-corrected chi connectivity index (χ1v) is 12.0. The Morgan fingerprint density at radius 1 is 1.05 bits per heavy atom. The lowest BCUT2D eigenvalue weighted by Gasteiger charge is -2.24. The lowest BCUT2D eigenvalue weighted by molar-refractivity contribution is -0.164. The van der Waals surface area contributed by atoms with Gasteiger partial charge in [0.05, 0.1) is 7.11 Å². The van der Waals surface area contributed by atoms with Crippen LogP contribution in [0.1, 0.15) is 50.0 Å². The van der Waals surface area contributed by atoms with Crippen LogP contribution in [0.25, 0.3) is 6.08 Å². The molecule has 4 atom stereocenters. The zero-order valence-electron chi connectivity index (χ0n) is 22.4. The van der Waals surface area contributed by atoms with Gasteiger partial charge in [-0.25, -0.2) is 4.79 Å². The van der Waals surface area contributed by atoms with E-state index in [2.05, 4.69) is 0 Å². The Hall–Kier alpha value is -2.76. The number of allylic oxidation sites excluding steroid dienone is 1. The molecule has 204 valence electrons. The second kappa shape index (κ2) is 12.7. The van der Waals surface area contributed by atoms with Crippen molar-refractivity contribution in [2.45, 2.75) is 64.3 Å². The molecule has 0 saturated carbocycles. The third-order valence-corrected chi connectivity index (χ3v) is 6.04. The Morgan fingerprint density at radius 3 is 2.46 bits per heavy atom. The molecule has 3 rings (SSSR count). The molecule has 1 unspecified atom stereocenters. The number of carbonyl (C=O) groups is 2. The second-order valence-corrected chi connectivity index (χ2v) is 9.22. The average Bonchev–Trinajstić information content (AvgIpc) is 3.19. The summed E-state index contributed by atoms with van der Waals surface area (Å²) in [5.41, 5.74) is 1.35. The first kappa shape index (κ1) is 28.8. The van der Waals surface area contributed by atoms with Crippen molar-refractivity contribution >= 4 is 17.8 Å². The maximum atomic E-state index is 13.4. The van der Waals surface area contributed by atoms with Crippen molar-refractivity contribution < 1.29 is 47.5 Å². The van der Waals surface area contributed by atoms with Crippen molar-refractivity contribution in [3.8, 4) is 11.5 Å². The molecule has 0 radical (unpaired) electrons. The molecule has 0 bridgehead atoms. The van der Waals surface area contributed by atoms with Crippen molar-refractivity contribution in [3.05, 3.63) is 41.0 Å². The first-order valence-electron chi connectivity index (χ1n) is 12.0. The molecule has 10 heteroatoms. The third-order valence-electron chi connectivity index (χ3n) is 6.04. The molecule has 1 aromatic rings. The molecular formula is C27H36O10. The smallest absolute Gasteiger partial charge is 0.343 e. The lowest BCUT2D eigenvalue weighted by Crippen LogP contribution is -2.40. The molecule has 37 heavy (non-hydrogen) atoms.